The molecular weight excluding hydrogens is 222 g/mol. The molecule has 1 heterocycles. The van der Waals surface area contributed by atoms with Crippen LogP contribution >= 0.6 is 11.6 Å². The highest BCUT2D eigenvalue weighted by atomic mass is 35.5. The SMILES string of the molecule is Fc1ccc(-c2cncnc2Cl)c(F)c1. The average Bonchev–Trinajstić information content (AvgIpc) is 2.20. The average molecular weight is 227 g/mol. The van der Waals surface area contributed by atoms with Crippen molar-refractivity contribution in [2.24, 2.45) is 0 Å². The minimum Gasteiger partial charge on any atom is -0.244 e. The molecule has 0 saturated heterocycles. The van der Waals surface area contributed by atoms with Gasteiger partial charge in [0.15, 0.2) is 0 Å². The van der Waals surface area contributed by atoms with Gasteiger partial charge >= 0.3 is 0 Å². The third kappa shape index (κ3) is 1.94. The van der Waals surface area contributed by atoms with Gasteiger partial charge in [0.2, 0.25) is 0 Å². The van der Waals surface area contributed by atoms with Gasteiger partial charge in [-0.3, -0.25) is 0 Å². The van der Waals surface area contributed by atoms with Crippen LogP contribution in [-0.4, -0.2) is 9.97 Å². The fourth-order valence-electron chi connectivity index (χ4n) is 1.20. The van der Waals surface area contributed by atoms with Crippen molar-refractivity contribution < 1.29 is 8.78 Å². The summed E-state index contributed by atoms with van der Waals surface area (Å²) < 4.78 is 26.0. The lowest BCUT2D eigenvalue weighted by molar-refractivity contribution is 0.585. The summed E-state index contributed by atoms with van der Waals surface area (Å²) in [5, 5.41) is 0.135. The Labute approximate surface area is 89.6 Å². The van der Waals surface area contributed by atoms with Gasteiger partial charge < -0.3 is 0 Å². The van der Waals surface area contributed by atoms with Crippen LogP contribution in [0.2, 0.25) is 5.15 Å². The molecule has 0 aliphatic rings. The largest absolute Gasteiger partial charge is 0.244 e. The van der Waals surface area contributed by atoms with Crippen LogP contribution in [0.1, 0.15) is 0 Å². The normalized spacial score (nSPS) is 10.3. The molecule has 0 spiro atoms. The molecule has 0 radical (unpaired) electrons. The predicted octanol–water partition coefficient (Wildman–Crippen LogP) is 3.08. The maximum Gasteiger partial charge on any atom is 0.140 e. The maximum absolute atomic E-state index is 13.4. The minimum atomic E-state index is -0.688. The topological polar surface area (TPSA) is 25.8 Å². The van der Waals surface area contributed by atoms with E-state index in [9.17, 15) is 8.78 Å². The molecule has 2 rings (SSSR count). The zero-order chi connectivity index (χ0) is 10.8. The van der Waals surface area contributed by atoms with E-state index in [0.717, 1.165) is 12.1 Å². The van der Waals surface area contributed by atoms with Gasteiger partial charge in [0.05, 0.1) is 0 Å². The van der Waals surface area contributed by atoms with Gasteiger partial charge in [-0.05, 0) is 12.1 Å². The maximum atomic E-state index is 13.4. The summed E-state index contributed by atoms with van der Waals surface area (Å²) >= 11 is 5.76. The van der Waals surface area contributed by atoms with Gasteiger partial charge in [-0.25, -0.2) is 18.7 Å². The Hall–Kier alpha value is -1.55. The second-order valence-electron chi connectivity index (χ2n) is 2.85. The highest BCUT2D eigenvalue weighted by molar-refractivity contribution is 6.32. The Morgan fingerprint density at radius 3 is 2.60 bits per heavy atom. The first-order valence-electron chi connectivity index (χ1n) is 4.09. The summed E-state index contributed by atoms with van der Waals surface area (Å²) in [6, 6.07) is 3.25. The number of rotatable bonds is 1. The number of aromatic nitrogens is 2. The van der Waals surface area contributed by atoms with Crippen molar-refractivity contribution in [3.05, 3.63) is 47.5 Å². The van der Waals surface area contributed by atoms with Crippen molar-refractivity contribution in [1.29, 1.82) is 0 Å². The minimum absolute atomic E-state index is 0.135. The standard InChI is InChI=1S/C10H5ClF2N2/c11-10-8(4-14-5-15-10)7-2-1-6(12)3-9(7)13/h1-5H. The fourth-order valence-corrected chi connectivity index (χ4v) is 1.40. The van der Waals surface area contributed by atoms with Crippen molar-refractivity contribution in [1.82, 2.24) is 9.97 Å². The lowest BCUT2D eigenvalue weighted by atomic mass is 10.1. The van der Waals surface area contributed by atoms with Crippen molar-refractivity contribution >= 4 is 11.6 Å². The van der Waals surface area contributed by atoms with Crippen LogP contribution in [0, 0.1) is 11.6 Å². The van der Waals surface area contributed by atoms with Crippen LogP contribution in [0.15, 0.2) is 30.7 Å². The van der Waals surface area contributed by atoms with Crippen molar-refractivity contribution in [3.63, 3.8) is 0 Å². The van der Waals surface area contributed by atoms with E-state index >= 15 is 0 Å². The zero-order valence-corrected chi connectivity index (χ0v) is 8.17. The van der Waals surface area contributed by atoms with E-state index < -0.39 is 11.6 Å². The fraction of sp³-hybridized carbons (Fsp3) is 0. The first-order valence-corrected chi connectivity index (χ1v) is 4.47. The molecule has 76 valence electrons. The van der Waals surface area contributed by atoms with E-state index in [0.29, 0.717) is 5.56 Å². The van der Waals surface area contributed by atoms with E-state index in [-0.39, 0.29) is 10.7 Å². The highest BCUT2D eigenvalue weighted by Crippen LogP contribution is 2.27. The van der Waals surface area contributed by atoms with E-state index in [1.165, 1.54) is 18.6 Å². The van der Waals surface area contributed by atoms with Crippen LogP contribution in [-0.2, 0) is 0 Å². The summed E-state index contributed by atoms with van der Waals surface area (Å²) in [6.07, 6.45) is 2.64. The van der Waals surface area contributed by atoms with E-state index in [4.69, 9.17) is 11.6 Å². The molecule has 0 aliphatic heterocycles. The Balaban J connectivity index is 2.60. The first-order chi connectivity index (χ1) is 7.18. The van der Waals surface area contributed by atoms with Crippen LogP contribution in [0.5, 0.6) is 0 Å². The highest BCUT2D eigenvalue weighted by Gasteiger charge is 2.10. The van der Waals surface area contributed by atoms with Gasteiger partial charge in [0, 0.05) is 23.4 Å². The molecule has 15 heavy (non-hydrogen) atoms. The Kier molecular flexibility index (Phi) is 2.60. The molecule has 0 unspecified atom stereocenters. The molecule has 1 aromatic heterocycles. The van der Waals surface area contributed by atoms with E-state index in [1.807, 2.05) is 0 Å². The summed E-state index contributed by atoms with van der Waals surface area (Å²) in [7, 11) is 0. The monoisotopic (exact) mass is 226 g/mol. The molecule has 0 fully saturated rings. The predicted molar refractivity (Wildman–Crippen MR) is 52.4 cm³/mol. The van der Waals surface area contributed by atoms with Gasteiger partial charge in [-0.1, -0.05) is 11.6 Å². The molecule has 5 heteroatoms. The molecule has 0 N–H and O–H groups in total. The van der Waals surface area contributed by atoms with Crippen molar-refractivity contribution in [3.8, 4) is 11.1 Å². The lowest BCUT2D eigenvalue weighted by Crippen LogP contribution is -1.90. The molecule has 0 aliphatic carbocycles. The smallest absolute Gasteiger partial charge is 0.140 e. The quantitative estimate of drug-likeness (QED) is 0.699. The van der Waals surface area contributed by atoms with Gasteiger partial charge in [0.25, 0.3) is 0 Å². The third-order valence-corrected chi connectivity index (χ3v) is 2.19. The second-order valence-corrected chi connectivity index (χ2v) is 3.21. The molecule has 0 amide bonds. The Morgan fingerprint density at radius 2 is 1.93 bits per heavy atom. The van der Waals surface area contributed by atoms with E-state index in [1.54, 1.807) is 0 Å². The van der Waals surface area contributed by atoms with Crippen molar-refractivity contribution in [2.45, 2.75) is 0 Å². The molecule has 1 aromatic carbocycles. The first kappa shape index (κ1) is 9.98. The van der Waals surface area contributed by atoms with Crippen LogP contribution in [0.4, 0.5) is 8.78 Å². The Bertz CT molecular complexity index is 503. The molecule has 0 atom stereocenters. The number of hydrogen-bond donors (Lipinski definition) is 0. The van der Waals surface area contributed by atoms with Crippen LogP contribution < -0.4 is 0 Å². The summed E-state index contributed by atoms with van der Waals surface area (Å²) in [5.74, 6) is -1.32. The summed E-state index contributed by atoms with van der Waals surface area (Å²) in [4.78, 5) is 7.44. The van der Waals surface area contributed by atoms with E-state index in [2.05, 4.69) is 9.97 Å². The van der Waals surface area contributed by atoms with Crippen LogP contribution in [0.25, 0.3) is 11.1 Å². The number of halogens is 3. The van der Waals surface area contributed by atoms with Gasteiger partial charge in [0.1, 0.15) is 23.1 Å². The van der Waals surface area contributed by atoms with Gasteiger partial charge in [-0.15, -0.1) is 0 Å². The molecule has 2 aromatic rings. The zero-order valence-electron chi connectivity index (χ0n) is 7.42. The molecular formula is C10H5ClF2N2. The van der Waals surface area contributed by atoms with Gasteiger partial charge in [-0.2, -0.15) is 0 Å². The second kappa shape index (κ2) is 3.90. The van der Waals surface area contributed by atoms with Crippen LogP contribution in [0.3, 0.4) is 0 Å². The molecule has 0 bridgehead atoms. The summed E-state index contributed by atoms with van der Waals surface area (Å²) in [6.45, 7) is 0. The number of benzene rings is 1. The van der Waals surface area contributed by atoms with Crippen molar-refractivity contribution in [2.75, 3.05) is 0 Å². The third-order valence-electron chi connectivity index (χ3n) is 1.88. The number of hydrogen-bond acceptors (Lipinski definition) is 2. The number of nitrogens with zero attached hydrogens (tertiary/aromatic N) is 2. The lowest BCUT2D eigenvalue weighted by Gasteiger charge is -2.03. The molecule has 0 saturated carbocycles. The Morgan fingerprint density at radius 1 is 1.13 bits per heavy atom. The molecule has 2 nitrogen and oxygen atoms in total. The summed E-state index contributed by atoms with van der Waals surface area (Å²) in [5.41, 5.74) is 0.527.